The minimum Gasteiger partial charge on any atom is -0.385 e. The van der Waals surface area contributed by atoms with Crippen molar-refractivity contribution < 1.29 is 22.4 Å². The Bertz CT molecular complexity index is 1210. The third-order valence-corrected chi connectivity index (χ3v) is 5.20. The van der Waals surface area contributed by atoms with Gasteiger partial charge in [-0.2, -0.15) is 23.5 Å². The second-order valence-electron chi connectivity index (χ2n) is 6.54. The van der Waals surface area contributed by atoms with E-state index in [2.05, 4.69) is 10.3 Å². The third kappa shape index (κ3) is 3.73. The molecule has 0 aliphatic carbocycles. The Morgan fingerprint density at radius 2 is 1.87 bits per heavy atom. The predicted octanol–water partition coefficient (Wildman–Crippen LogP) is 5.95. The molecule has 1 aliphatic rings. The molecule has 158 valence electrons. The van der Waals surface area contributed by atoms with Gasteiger partial charge >= 0.3 is 6.18 Å². The largest absolute Gasteiger partial charge is 0.433 e. The van der Waals surface area contributed by atoms with Gasteiger partial charge < -0.3 is 4.84 Å². The van der Waals surface area contributed by atoms with Gasteiger partial charge in [-0.25, -0.2) is 9.07 Å². The van der Waals surface area contributed by atoms with Crippen LogP contribution in [0.15, 0.2) is 53.8 Å². The van der Waals surface area contributed by atoms with E-state index < -0.39 is 35.3 Å². The lowest BCUT2D eigenvalue weighted by Crippen LogP contribution is -2.22. The van der Waals surface area contributed by atoms with Crippen LogP contribution in [0.25, 0.3) is 5.69 Å². The van der Waals surface area contributed by atoms with Gasteiger partial charge in [0.25, 0.3) is 0 Å². The lowest BCUT2D eigenvalue weighted by Gasteiger charge is -2.17. The number of rotatable bonds is 3. The van der Waals surface area contributed by atoms with E-state index in [-0.39, 0.29) is 27.0 Å². The molecule has 2 unspecified atom stereocenters. The van der Waals surface area contributed by atoms with Crippen molar-refractivity contribution in [2.45, 2.75) is 12.3 Å². The zero-order valence-electron chi connectivity index (χ0n) is 15.2. The quantitative estimate of drug-likeness (QED) is 0.446. The fourth-order valence-corrected chi connectivity index (χ4v) is 3.78. The fourth-order valence-electron chi connectivity index (χ4n) is 3.34. The molecule has 0 radical (unpaired) electrons. The second kappa shape index (κ2) is 7.87. The molecule has 0 N–H and O–H groups in total. The molecule has 0 spiro atoms. The second-order valence-corrected chi connectivity index (χ2v) is 7.39. The molecule has 0 saturated heterocycles. The topological polar surface area (TPSA) is 63.2 Å². The lowest BCUT2D eigenvalue weighted by molar-refractivity contribution is -0.144. The number of benzene rings is 2. The van der Waals surface area contributed by atoms with Crippen LogP contribution in [0, 0.1) is 23.1 Å². The normalized spacial score (nSPS) is 18.4. The average Bonchev–Trinajstić information content (AvgIpc) is 3.31. The number of hydrogen-bond donors (Lipinski definition) is 0. The monoisotopic (exact) mass is 468 g/mol. The maximum atomic E-state index is 14.3. The van der Waals surface area contributed by atoms with E-state index in [1.807, 2.05) is 6.07 Å². The molecule has 0 fully saturated rings. The van der Waals surface area contributed by atoms with Crippen LogP contribution in [0.1, 0.15) is 22.9 Å². The van der Waals surface area contributed by atoms with Crippen molar-refractivity contribution in [3.8, 4) is 11.8 Å². The molecule has 31 heavy (non-hydrogen) atoms. The van der Waals surface area contributed by atoms with Crippen LogP contribution in [0.3, 0.4) is 0 Å². The van der Waals surface area contributed by atoms with Crippen molar-refractivity contribution in [2.75, 3.05) is 0 Å². The lowest BCUT2D eigenvalue weighted by atomic mass is 9.89. The first-order chi connectivity index (χ1) is 14.7. The molecule has 3 aromatic rings. The van der Waals surface area contributed by atoms with E-state index in [9.17, 15) is 22.8 Å². The Morgan fingerprint density at radius 3 is 2.52 bits per heavy atom. The molecule has 0 bridgehead atoms. The smallest absolute Gasteiger partial charge is 0.385 e. The molecule has 11 heteroatoms. The van der Waals surface area contributed by atoms with Crippen molar-refractivity contribution in [1.82, 2.24) is 9.78 Å². The zero-order valence-corrected chi connectivity index (χ0v) is 16.8. The van der Waals surface area contributed by atoms with Crippen molar-refractivity contribution in [3.05, 3.63) is 81.3 Å². The number of halogens is 6. The summed E-state index contributed by atoms with van der Waals surface area (Å²) in [6.07, 6.45) is -5.38. The third-order valence-electron chi connectivity index (χ3n) is 4.65. The molecule has 1 aromatic heterocycles. The number of aromatic nitrogens is 2. The summed E-state index contributed by atoms with van der Waals surface area (Å²) in [7, 11) is 0. The molecule has 0 saturated carbocycles. The summed E-state index contributed by atoms with van der Waals surface area (Å²) in [5.74, 6) is -2.13. The summed E-state index contributed by atoms with van der Waals surface area (Å²) in [4.78, 5) is 5.19. The number of oxime groups is 1. The van der Waals surface area contributed by atoms with Gasteiger partial charge in [-0.15, -0.1) is 0 Å². The van der Waals surface area contributed by atoms with Crippen molar-refractivity contribution in [2.24, 2.45) is 11.1 Å². The molecule has 2 heterocycles. The van der Waals surface area contributed by atoms with E-state index in [4.69, 9.17) is 28.0 Å². The average molecular weight is 469 g/mol. The van der Waals surface area contributed by atoms with Gasteiger partial charge in [0.1, 0.15) is 17.4 Å². The molecule has 4 rings (SSSR count). The minimum atomic E-state index is -4.85. The van der Waals surface area contributed by atoms with Gasteiger partial charge in [0.2, 0.25) is 0 Å². The zero-order chi connectivity index (χ0) is 22.3. The molecular formula is C20H10Cl2F4N4O. The minimum absolute atomic E-state index is 0.0473. The Balaban J connectivity index is 1.82. The van der Waals surface area contributed by atoms with Gasteiger partial charge in [0, 0.05) is 10.6 Å². The highest BCUT2D eigenvalue weighted by Gasteiger charge is 2.46. The number of nitrogens with zero attached hydrogens (tertiary/aromatic N) is 4. The van der Waals surface area contributed by atoms with Crippen LogP contribution in [0.2, 0.25) is 10.0 Å². The Labute approximate surface area is 183 Å². The summed E-state index contributed by atoms with van der Waals surface area (Å²) in [5.41, 5.74) is -1.91. The fraction of sp³-hybridized carbons (Fsp3) is 0.150. The van der Waals surface area contributed by atoms with Crippen LogP contribution >= 0.6 is 23.2 Å². The van der Waals surface area contributed by atoms with Gasteiger partial charge in [0.05, 0.1) is 28.5 Å². The van der Waals surface area contributed by atoms with Crippen LogP contribution in [0.4, 0.5) is 17.6 Å². The summed E-state index contributed by atoms with van der Waals surface area (Å²) >= 11 is 11.9. The molecule has 0 amide bonds. The summed E-state index contributed by atoms with van der Waals surface area (Å²) < 4.78 is 57.0. The van der Waals surface area contributed by atoms with Gasteiger partial charge in [-0.3, -0.25) is 0 Å². The van der Waals surface area contributed by atoms with E-state index in [1.54, 1.807) is 0 Å². The highest BCUT2D eigenvalue weighted by molar-refractivity contribution is 6.34. The number of alkyl halides is 3. The first kappa shape index (κ1) is 21.2. The van der Waals surface area contributed by atoms with E-state index in [0.29, 0.717) is 4.68 Å². The van der Waals surface area contributed by atoms with Crippen LogP contribution in [-0.4, -0.2) is 15.5 Å². The van der Waals surface area contributed by atoms with Gasteiger partial charge in [0.15, 0.2) is 11.8 Å². The van der Waals surface area contributed by atoms with E-state index in [0.717, 1.165) is 12.3 Å². The highest BCUT2D eigenvalue weighted by atomic mass is 35.5. The predicted molar refractivity (Wildman–Crippen MR) is 104 cm³/mol. The molecule has 5 nitrogen and oxygen atoms in total. The van der Waals surface area contributed by atoms with Crippen molar-refractivity contribution in [3.63, 3.8) is 0 Å². The number of hydrogen-bond acceptors (Lipinski definition) is 4. The summed E-state index contributed by atoms with van der Waals surface area (Å²) in [6.45, 7) is 0. The van der Waals surface area contributed by atoms with Crippen LogP contribution in [0.5, 0.6) is 0 Å². The molecule has 2 aromatic carbocycles. The van der Waals surface area contributed by atoms with E-state index >= 15 is 0 Å². The van der Waals surface area contributed by atoms with Crippen molar-refractivity contribution >= 4 is 28.9 Å². The maximum Gasteiger partial charge on any atom is 0.433 e. The van der Waals surface area contributed by atoms with Crippen LogP contribution in [-0.2, 0) is 11.0 Å². The van der Waals surface area contributed by atoms with Gasteiger partial charge in [-0.1, -0.05) is 40.5 Å². The Morgan fingerprint density at radius 1 is 1.13 bits per heavy atom. The first-order valence-electron chi connectivity index (χ1n) is 8.71. The first-order valence-corrected chi connectivity index (χ1v) is 9.46. The summed E-state index contributed by atoms with van der Waals surface area (Å²) in [5, 5.41) is 17.4. The van der Waals surface area contributed by atoms with Crippen LogP contribution < -0.4 is 0 Å². The SMILES string of the molecule is N#CC1C(c2c(F)cccc2Cl)=NOC1c1cnn(-c2cccc(Cl)c2)c1C(F)(F)F. The molecule has 1 aliphatic heterocycles. The molecule has 2 atom stereocenters. The highest BCUT2D eigenvalue weighted by Crippen LogP contribution is 2.43. The van der Waals surface area contributed by atoms with E-state index in [1.165, 1.54) is 36.4 Å². The Kier molecular flexibility index (Phi) is 5.37. The Hall–Kier alpha value is -3.09. The maximum absolute atomic E-state index is 14.3. The summed E-state index contributed by atoms with van der Waals surface area (Å²) in [6, 6.07) is 11.4. The number of nitriles is 1. The molecular weight excluding hydrogens is 459 g/mol. The standard InChI is InChI=1S/C20H10Cl2F4N4O/c21-10-3-1-4-11(7-10)30-19(20(24,25)26)13(9-28-30)18-12(8-27)17(29-31-18)16-14(22)5-2-6-15(16)23/h1-7,9,12,18H. The van der Waals surface area contributed by atoms with Crippen molar-refractivity contribution in [1.29, 1.82) is 5.26 Å². The van der Waals surface area contributed by atoms with Gasteiger partial charge in [-0.05, 0) is 30.3 Å².